The van der Waals surface area contributed by atoms with E-state index in [4.69, 9.17) is 4.52 Å². The largest absolute Gasteiger partial charge is 0.360 e. The number of carbonyl (C=O) groups excluding carboxylic acids is 2. The van der Waals surface area contributed by atoms with E-state index in [9.17, 15) is 9.59 Å². The summed E-state index contributed by atoms with van der Waals surface area (Å²) in [4.78, 5) is 26.7. The predicted octanol–water partition coefficient (Wildman–Crippen LogP) is 3.37. The summed E-state index contributed by atoms with van der Waals surface area (Å²) in [7, 11) is 0. The standard InChI is InChI=1S/C18H23N3O3S/c1-9(2)16-15(11(4)21-24-16)18(23)20-19-17(22)14-8-12-7-10(3)5-6-13(12)25-14/h8-10H,5-7H2,1-4H3,(H,19,22)(H,20,23)/t10-/m0/s1. The van der Waals surface area contributed by atoms with Crippen molar-refractivity contribution in [3.8, 4) is 0 Å². The zero-order valence-corrected chi connectivity index (χ0v) is 15.8. The molecule has 0 unspecified atom stereocenters. The number of hydrazine groups is 1. The minimum absolute atomic E-state index is 0.0312. The Labute approximate surface area is 150 Å². The molecule has 2 aromatic rings. The zero-order valence-electron chi connectivity index (χ0n) is 14.9. The molecule has 3 rings (SSSR count). The number of aryl methyl sites for hydroxylation is 2. The van der Waals surface area contributed by atoms with Gasteiger partial charge in [0.2, 0.25) is 0 Å². The SMILES string of the molecule is Cc1noc(C(C)C)c1C(=O)NNC(=O)c1cc2c(s1)CC[C@H](C)C2. The van der Waals surface area contributed by atoms with Crippen molar-refractivity contribution in [1.29, 1.82) is 0 Å². The summed E-state index contributed by atoms with van der Waals surface area (Å²) in [6.45, 7) is 7.79. The van der Waals surface area contributed by atoms with Crippen LogP contribution in [0.15, 0.2) is 10.6 Å². The third-order valence-corrected chi connectivity index (χ3v) is 5.72. The number of thiophene rings is 1. The van der Waals surface area contributed by atoms with Gasteiger partial charge in [0.25, 0.3) is 11.8 Å². The maximum atomic E-state index is 12.4. The summed E-state index contributed by atoms with van der Waals surface area (Å²) in [5.74, 6) is 0.503. The van der Waals surface area contributed by atoms with Crippen LogP contribution in [0.4, 0.5) is 0 Å². The highest BCUT2D eigenvalue weighted by Crippen LogP contribution is 2.32. The van der Waals surface area contributed by atoms with E-state index in [0.717, 1.165) is 19.3 Å². The van der Waals surface area contributed by atoms with E-state index in [1.165, 1.54) is 21.8 Å². The van der Waals surface area contributed by atoms with Gasteiger partial charge in [0.05, 0.1) is 10.6 Å². The molecule has 0 saturated carbocycles. The average molecular weight is 361 g/mol. The maximum absolute atomic E-state index is 12.4. The number of hydrogen-bond acceptors (Lipinski definition) is 5. The second-order valence-corrected chi connectivity index (χ2v) is 8.11. The first-order valence-corrected chi connectivity index (χ1v) is 9.36. The number of nitrogens with one attached hydrogen (secondary N) is 2. The van der Waals surface area contributed by atoms with Gasteiger partial charge >= 0.3 is 0 Å². The van der Waals surface area contributed by atoms with E-state index in [-0.39, 0.29) is 11.8 Å². The molecule has 0 aromatic carbocycles. The second-order valence-electron chi connectivity index (χ2n) is 6.98. The van der Waals surface area contributed by atoms with Gasteiger partial charge < -0.3 is 4.52 Å². The normalized spacial score (nSPS) is 16.6. The summed E-state index contributed by atoms with van der Waals surface area (Å²) in [5.41, 5.74) is 7.14. The molecular weight excluding hydrogens is 338 g/mol. The van der Waals surface area contributed by atoms with Crippen LogP contribution in [0.25, 0.3) is 0 Å². The Kier molecular flexibility index (Phi) is 4.94. The molecule has 0 aliphatic heterocycles. The molecule has 0 saturated heterocycles. The van der Waals surface area contributed by atoms with Crippen LogP contribution in [0.2, 0.25) is 0 Å². The number of rotatable bonds is 3. The molecule has 2 amide bonds. The summed E-state index contributed by atoms with van der Waals surface area (Å²) in [6.07, 6.45) is 3.21. The fourth-order valence-corrected chi connectivity index (χ4v) is 4.22. The fraction of sp³-hybridized carbons (Fsp3) is 0.500. The van der Waals surface area contributed by atoms with E-state index < -0.39 is 5.91 Å². The van der Waals surface area contributed by atoms with Crippen molar-refractivity contribution in [3.63, 3.8) is 0 Å². The lowest BCUT2D eigenvalue weighted by molar-refractivity contribution is 0.0847. The van der Waals surface area contributed by atoms with Crippen molar-refractivity contribution in [1.82, 2.24) is 16.0 Å². The minimum Gasteiger partial charge on any atom is -0.360 e. The molecule has 6 nitrogen and oxygen atoms in total. The third-order valence-electron chi connectivity index (χ3n) is 4.48. The highest BCUT2D eigenvalue weighted by molar-refractivity contribution is 7.14. The van der Waals surface area contributed by atoms with Crippen LogP contribution in [0.3, 0.4) is 0 Å². The Morgan fingerprint density at radius 2 is 2.04 bits per heavy atom. The van der Waals surface area contributed by atoms with Crippen LogP contribution in [-0.4, -0.2) is 17.0 Å². The highest BCUT2D eigenvalue weighted by Gasteiger charge is 2.24. The molecule has 2 heterocycles. The van der Waals surface area contributed by atoms with Gasteiger partial charge in [0.15, 0.2) is 5.76 Å². The molecule has 25 heavy (non-hydrogen) atoms. The quantitative estimate of drug-likeness (QED) is 0.821. The number of fused-ring (bicyclic) bond motifs is 1. The van der Waals surface area contributed by atoms with Gasteiger partial charge in [-0.3, -0.25) is 20.4 Å². The Morgan fingerprint density at radius 1 is 1.32 bits per heavy atom. The predicted molar refractivity (Wildman–Crippen MR) is 95.8 cm³/mol. The lowest BCUT2D eigenvalue weighted by Crippen LogP contribution is -2.41. The van der Waals surface area contributed by atoms with E-state index in [2.05, 4.69) is 22.9 Å². The molecule has 134 valence electrons. The van der Waals surface area contributed by atoms with E-state index >= 15 is 0 Å². The molecule has 1 aliphatic rings. The van der Waals surface area contributed by atoms with Crippen molar-refractivity contribution in [2.75, 3.05) is 0 Å². The Bertz CT molecular complexity index is 807. The van der Waals surface area contributed by atoms with E-state index in [1.54, 1.807) is 6.92 Å². The fourth-order valence-electron chi connectivity index (χ4n) is 3.11. The van der Waals surface area contributed by atoms with Gasteiger partial charge in [0, 0.05) is 10.8 Å². The molecule has 7 heteroatoms. The number of hydrogen-bond donors (Lipinski definition) is 2. The zero-order chi connectivity index (χ0) is 18.1. The summed E-state index contributed by atoms with van der Waals surface area (Å²) in [5, 5.41) is 3.85. The molecule has 0 fully saturated rings. The van der Waals surface area contributed by atoms with Gasteiger partial charge in [-0.2, -0.15) is 0 Å². The number of nitrogens with zero attached hydrogens (tertiary/aromatic N) is 1. The van der Waals surface area contributed by atoms with Crippen LogP contribution in [-0.2, 0) is 12.8 Å². The minimum atomic E-state index is -0.411. The summed E-state index contributed by atoms with van der Waals surface area (Å²) in [6, 6.07) is 1.95. The van der Waals surface area contributed by atoms with E-state index in [1.807, 2.05) is 19.9 Å². The van der Waals surface area contributed by atoms with Gasteiger partial charge in [-0.05, 0) is 43.7 Å². The van der Waals surface area contributed by atoms with Crippen molar-refractivity contribution < 1.29 is 14.1 Å². The van der Waals surface area contributed by atoms with Gasteiger partial charge in [0.1, 0.15) is 5.56 Å². The summed E-state index contributed by atoms with van der Waals surface area (Å²) < 4.78 is 5.21. The Balaban J connectivity index is 1.67. The first-order chi connectivity index (χ1) is 11.9. The Morgan fingerprint density at radius 3 is 2.76 bits per heavy atom. The van der Waals surface area contributed by atoms with Crippen molar-refractivity contribution in [2.24, 2.45) is 5.92 Å². The topological polar surface area (TPSA) is 84.2 Å². The molecule has 0 radical (unpaired) electrons. The second kappa shape index (κ2) is 7.00. The molecule has 1 aliphatic carbocycles. The van der Waals surface area contributed by atoms with Gasteiger partial charge in [-0.25, -0.2) is 0 Å². The monoisotopic (exact) mass is 361 g/mol. The number of carbonyl (C=O) groups is 2. The van der Waals surface area contributed by atoms with Crippen LogP contribution >= 0.6 is 11.3 Å². The van der Waals surface area contributed by atoms with Crippen molar-refractivity contribution in [3.05, 3.63) is 38.4 Å². The number of aromatic nitrogens is 1. The molecule has 2 N–H and O–H groups in total. The molecule has 0 spiro atoms. The molecule has 2 aromatic heterocycles. The molecule has 1 atom stereocenters. The smallest absolute Gasteiger partial charge is 0.279 e. The number of amides is 2. The average Bonchev–Trinajstić information content (AvgIpc) is 3.15. The van der Waals surface area contributed by atoms with Gasteiger partial charge in [-0.15, -0.1) is 11.3 Å². The lowest BCUT2D eigenvalue weighted by atomic mass is 9.90. The first kappa shape index (κ1) is 17.7. The summed E-state index contributed by atoms with van der Waals surface area (Å²) >= 11 is 1.51. The molecular formula is C18H23N3O3S. The van der Waals surface area contributed by atoms with Crippen LogP contribution in [0.1, 0.15) is 75.0 Å². The van der Waals surface area contributed by atoms with Crippen LogP contribution < -0.4 is 10.9 Å². The molecule has 0 bridgehead atoms. The third kappa shape index (κ3) is 3.61. The van der Waals surface area contributed by atoms with Crippen LogP contribution in [0, 0.1) is 12.8 Å². The highest BCUT2D eigenvalue weighted by atomic mass is 32.1. The first-order valence-electron chi connectivity index (χ1n) is 8.55. The van der Waals surface area contributed by atoms with Crippen LogP contribution in [0.5, 0.6) is 0 Å². The Hall–Kier alpha value is -2.15. The van der Waals surface area contributed by atoms with Crippen molar-refractivity contribution in [2.45, 2.75) is 52.9 Å². The van der Waals surface area contributed by atoms with Crippen molar-refractivity contribution >= 4 is 23.2 Å². The maximum Gasteiger partial charge on any atom is 0.279 e. The van der Waals surface area contributed by atoms with E-state index in [0.29, 0.717) is 27.8 Å². The van der Waals surface area contributed by atoms with Gasteiger partial charge in [-0.1, -0.05) is 25.9 Å². The lowest BCUT2D eigenvalue weighted by Gasteiger charge is -2.16.